The molecule has 2 aromatic rings. The van der Waals surface area contributed by atoms with E-state index in [2.05, 4.69) is 24.3 Å². The molecule has 1 aliphatic heterocycles. The van der Waals surface area contributed by atoms with Gasteiger partial charge in [0.1, 0.15) is 0 Å². The van der Waals surface area contributed by atoms with Gasteiger partial charge in [-0.3, -0.25) is 4.79 Å². The molecule has 0 bridgehead atoms. The first kappa shape index (κ1) is 19.2. The molecule has 0 N–H and O–H groups in total. The molecule has 0 atom stereocenters. The molecule has 1 aliphatic carbocycles. The van der Waals surface area contributed by atoms with E-state index in [0.29, 0.717) is 32.6 Å². The first-order valence-electron chi connectivity index (χ1n) is 9.92. The number of rotatable bonds is 6. The lowest BCUT2D eigenvalue weighted by Gasteiger charge is -2.35. The topological polar surface area (TPSA) is 57.7 Å². The second-order valence-corrected chi connectivity index (χ2v) is 9.82. The standard InChI is InChI=1S/C22H26N2O3S/c25-22(23-13-15-24(16-14-23)28(26,27)20-11-12-20)17-21(18-7-3-1-4-8-18)19-9-5-2-6-10-19/h1-10,20-21H,11-17H2. The molecule has 2 aromatic carbocycles. The summed E-state index contributed by atoms with van der Waals surface area (Å²) >= 11 is 0. The van der Waals surface area contributed by atoms with E-state index < -0.39 is 10.0 Å². The van der Waals surface area contributed by atoms with E-state index in [0.717, 1.165) is 24.0 Å². The molecule has 2 fully saturated rings. The van der Waals surface area contributed by atoms with Crippen molar-refractivity contribution in [2.24, 2.45) is 0 Å². The number of hydrogen-bond acceptors (Lipinski definition) is 3. The highest BCUT2D eigenvalue weighted by Crippen LogP contribution is 2.32. The van der Waals surface area contributed by atoms with Gasteiger partial charge >= 0.3 is 0 Å². The number of sulfonamides is 1. The zero-order valence-corrected chi connectivity index (χ0v) is 16.7. The fourth-order valence-electron chi connectivity index (χ4n) is 3.87. The fourth-order valence-corrected chi connectivity index (χ4v) is 5.70. The molecule has 4 rings (SSSR count). The van der Waals surface area contributed by atoms with Crippen LogP contribution >= 0.6 is 0 Å². The lowest BCUT2D eigenvalue weighted by atomic mass is 9.88. The van der Waals surface area contributed by atoms with Gasteiger partial charge in [0.15, 0.2) is 0 Å². The molecule has 1 saturated carbocycles. The van der Waals surface area contributed by atoms with Gasteiger partial charge in [-0.05, 0) is 24.0 Å². The number of carbonyl (C=O) groups is 1. The summed E-state index contributed by atoms with van der Waals surface area (Å²) in [4.78, 5) is 14.8. The molecule has 0 unspecified atom stereocenters. The van der Waals surface area contributed by atoms with Crippen LogP contribution in [0.1, 0.15) is 36.3 Å². The SMILES string of the molecule is O=C(CC(c1ccccc1)c1ccccc1)N1CCN(S(=O)(=O)C2CC2)CC1. The number of amides is 1. The van der Waals surface area contributed by atoms with Crippen molar-refractivity contribution in [1.82, 2.24) is 9.21 Å². The monoisotopic (exact) mass is 398 g/mol. The number of nitrogens with zero attached hydrogens (tertiary/aromatic N) is 2. The second-order valence-electron chi connectivity index (χ2n) is 7.60. The van der Waals surface area contributed by atoms with Gasteiger partial charge in [-0.25, -0.2) is 8.42 Å². The smallest absolute Gasteiger partial charge is 0.223 e. The highest BCUT2D eigenvalue weighted by Gasteiger charge is 2.41. The van der Waals surface area contributed by atoms with Crippen molar-refractivity contribution in [1.29, 1.82) is 0 Å². The van der Waals surface area contributed by atoms with Crippen molar-refractivity contribution < 1.29 is 13.2 Å². The van der Waals surface area contributed by atoms with E-state index in [1.165, 1.54) is 0 Å². The van der Waals surface area contributed by atoms with Crippen LogP contribution in [-0.2, 0) is 14.8 Å². The van der Waals surface area contributed by atoms with E-state index in [1.54, 1.807) is 4.31 Å². The number of hydrogen-bond donors (Lipinski definition) is 0. The summed E-state index contributed by atoms with van der Waals surface area (Å²) in [6, 6.07) is 20.2. The summed E-state index contributed by atoms with van der Waals surface area (Å²) in [6.45, 7) is 1.76. The third-order valence-corrected chi connectivity index (χ3v) is 8.08. The minimum atomic E-state index is -3.15. The predicted octanol–water partition coefficient (Wildman–Crippen LogP) is 2.85. The van der Waals surface area contributed by atoms with Gasteiger partial charge in [0.2, 0.25) is 15.9 Å². The molecule has 0 aromatic heterocycles. The van der Waals surface area contributed by atoms with E-state index in [-0.39, 0.29) is 17.1 Å². The molecule has 2 aliphatic rings. The molecule has 1 saturated heterocycles. The lowest BCUT2D eigenvalue weighted by molar-refractivity contribution is -0.132. The van der Waals surface area contributed by atoms with Crippen molar-refractivity contribution >= 4 is 15.9 Å². The van der Waals surface area contributed by atoms with Crippen molar-refractivity contribution in [2.75, 3.05) is 26.2 Å². The Labute approximate surface area is 167 Å². The summed E-state index contributed by atoms with van der Waals surface area (Å²) < 4.78 is 26.4. The summed E-state index contributed by atoms with van der Waals surface area (Å²) in [5.41, 5.74) is 2.24. The Kier molecular flexibility index (Phi) is 5.51. The van der Waals surface area contributed by atoms with Gasteiger partial charge in [0.25, 0.3) is 0 Å². The largest absolute Gasteiger partial charge is 0.340 e. The van der Waals surface area contributed by atoms with E-state index >= 15 is 0 Å². The van der Waals surface area contributed by atoms with Gasteiger partial charge in [0, 0.05) is 38.5 Å². The van der Waals surface area contributed by atoms with Crippen LogP contribution < -0.4 is 0 Å². The van der Waals surface area contributed by atoms with Crippen LogP contribution in [0, 0.1) is 0 Å². The Hall–Kier alpha value is -2.18. The van der Waals surface area contributed by atoms with Gasteiger partial charge < -0.3 is 4.90 Å². The maximum absolute atomic E-state index is 13.0. The van der Waals surface area contributed by atoms with E-state index in [4.69, 9.17) is 0 Å². The molecule has 0 radical (unpaired) electrons. The Morgan fingerprint density at radius 2 is 1.36 bits per heavy atom. The Morgan fingerprint density at radius 3 is 1.82 bits per heavy atom. The van der Waals surface area contributed by atoms with Crippen LogP contribution in [0.4, 0.5) is 0 Å². The zero-order chi connectivity index (χ0) is 19.6. The average molecular weight is 399 g/mol. The Bertz CT molecular complexity index is 864. The molecule has 1 amide bonds. The molecule has 1 heterocycles. The lowest BCUT2D eigenvalue weighted by Crippen LogP contribution is -2.51. The third-order valence-electron chi connectivity index (χ3n) is 5.68. The van der Waals surface area contributed by atoms with E-state index in [9.17, 15) is 13.2 Å². The van der Waals surface area contributed by atoms with Crippen LogP contribution in [0.2, 0.25) is 0 Å². The Balaban J connectivity index is 1.44. The fraction of sp³-hybridized carbons (Fsp3) is 0.409. The third kappa shape index (κ3) is 4.13. The summed E-state index contributed by atoms with van der Waals surface area (Å²) in [5, 5.41) is -0.185. The normalized spacial score (nSPS) is 18.4. The molecule has 6 heteroatoms. The quantitative estimate of drug-likeness (QED) is 0.752. The number of benzene rings is 2. The first-order valence-corrected chi connectivity index (χ1v) is 11.4. The summed E-state index contributed by atoms with van der Waals surface area (Å²) in [6.07, 6.45) is 1.94. The molecular weight excluding hydrogens is 372 g/mol. The van der Waals surface area contributed by atoms with Crippen molar-refractivity contribution in [3.63, 3.8) is 0 Å². The maximum Gasteiger partial charge on any atom is 0.223 e. The predicted molar refractivity (Wildman–Crippen MR) is 109 cm³/mol. The van der Waals surface area contributed by atoms with Gasteiger partial charge in [-0.2, -0.15) is 4.31 Å². The molecule has 148 valence electrons. The number of piperazine rings is 1. The van der Waals surface area contributed by atoms with Crippen molar-refractivity contribution in [2.45, 2.75) is 30.4 Å². The van der Waals surface area contributed by atoms with Crippen molar-refractivity contribution in [3.8, 4) is 0 Å². The zero-order valence-electron chi connectivity index (χ0n) is 15.9. The molecule has 5 nitrogen and oxygen atoms in total. The molecule has 28 heavy (non-hydrogen) atoms. The van der Waals surface area contributed by atoms with Gasteiger partial charge in [0.05, 0.1) is 5.25 Å². The second kappa shape index (κ2) is 8.05. The first-order chi connectivity index (χ1) is 13.6. The summed E-state index contributed by atoms with van der Waals surface area (Å²) in [7, 11) is -3.15. The highest BCUT2D eigenvalue weighted by atomic mass is 32.2. The minimum absolute atomic E-state index is 0.00289. The summed E-state index contributed by atoms with van der Waals surface area (Å²) in [5.74, 6) is 0.0873. The molecular formula is C22H26N2O3S. The minimum Gasteiger partial charge on any atom is -0.340 e. The van der Waals surface area contributed by atoms with Crippen LogP contribution in [-0.4, -0.2) is 55.0 Å². The highest BCUT2D eigenvalue weighted by molar-refractivity contribution is 7.90. The number of carbonyl (C=O) groups excluding carboxylic acids is 1. The van der Waals surface area contributed by atoms with Crippen LogP contribution in [0.5, 0.6) is 0 Å². The van der Waals surface area contributed by atoms with Crippen LogP contribution in [0.25, 0.3) is 0 Å². The maximum atomic E-state index is 13.0. The van der Waals surface area contributed by atoms with Crippen molar-refractivity contribution in [3.05, 3.63) is 71.8 Å². The van der Waals surface area contributed by atoms with E-state index in [1.807, 2.05) is 41.3 Å². The van der Waals surface area contributed by atoms with Gasteiger partial charge in [-0.1, -0.05) is 60.7 Å². The molecule has 0 spiro atoms. The van der Waals surface area contributed by atoms with Crippen LogP contribution in [0.15, 0.2) is 60.7 Å². The average Bonchev–Trinajstić information content (AvgIpc) is 3.59. The van der Waals surface area contributed by atoms with Crippen LogP contribution in [0.3, 0.4) is 0 Å². The van der Waals surface area contributed by atoms with Gasteiger partial charge in [-0.15, -0.1) is 0 Å². The Morgan fingerprint density at radius 1 is 0.857 bits per heavy atom.